The van der Waals surface area contributed by atoms with Gasteiger partial charge in [-0.05, 0) is 55.4 Å². The van der Waals surface area contributed by atoms with Gasteiger partial charge in [0.05, 0.1) is 5.92 Å². The van der Waals surface area contributed by atoms with Gasteiger partial charge in [-0.25, -0.2) is 14.2 Å². The number of hydrogen-bond acceptors (Lipinski definition) is 5. The van der Waals surface area contributed by atoms with Crippen LogP contribution in [0.4, 0.5) is 15.0 Å². The van der Waals surface area contributed by atoms with Crippen LogP contribution in [-0.2, 0) is 16.0 Å². The minimum absolute atomic E-state index is 0.121. The molecule has 0 saturated carbocycles. The van der Waals surface area contributed by atoms with Gasteiger partial charge in [0.15, 0.2) is 0 Å². The lowest BCUT2D eigenvalue weighted by Crippen LogP contribution is -2.70. The second-order valence-electron chi connectivity index (χ2n) is 9.13. The summed E-state index contributed by atoms with van der Waals surface area (Å²) < 4.78 is 13.8. The monoisotopic (exact) mass is 455 g/mol. The SMILES string of the molecule is CNC(=O)[C@@H]1[C@@H](Cc2ccnc(N)c2)C(=O)N1C(=O)N1CCCC(C2=CC=C(F)C(C)C2)C1. The van der Waals surface area contributed by atoms with Crippen LogP contribution in [0.3, 0.4) is 0 Å². The lowest BCUT2D eigenvalue weighted by molar-refractivity contribution is -0.158. The second-order valence-corrected chi connectivity index (χ2v) is 9.13. The van der Waals surface area contributed by atoms with Crippen molar-refractivity contribution in [3.63, 3.8) is 0 Å². The maximum atomic E-state index is 13.8. The fraction of sp³-hybridized carbons (Fsp3) is 0.500. The van der Waals surface area contributed by atoms with E-state index in [4.69, 9.17) is 5.73 Å². The van der Waals surface area contributed by atoms with Crippen molar-refractivity contribution in [1.82, 2.24) is 20.1 Å². The van der Waals surface area contributed by atoms with Crippen molar-refractivity contribution in [2.24, 2.45) is 17.8 Å². The Bertz CT molecular complexity index is 1020. The fourth-order valence-corrected chi connectivity index (χ4v) is 5.06. The van der Waals surface area contributed by atoms with E-state index in [0.29, 0.717) is 31.7 Å². The van der Waals surface area contributed by atoms with Gasteiger partial charge < -0.3 is 16.0 Å². The van der Waals surface area contributed by atoms with E-state index in [-0.39, 0.29) is 29.5 Å². The number of amides is 4. The summed E-state index contributed by atoms with van der Waals surface area (Å²) in [6.45, 7) is 2.84. The standard InChI is InChI=1S/C24H30FN5O3/c1-14-10-16(5-6-19(14)25)17-4-3-9-29(13-17)24(33)30-21(22(31)27-2)18(23(30)32)11-15-7-8-28-20(26)12-15/h5-8,12,14,17-18,21H,3-4,9-11,13H2,1-2H3,(H2,26,28)(H,27,31)/t14?,17?,18-,21+/m1/s1. The normalized spacial score (nSPS) is 27.4. The zero-order chi connectivity index (χ0) is 23.7. The number of rotatable bonds is 4. The van der Waals surface area contributed by atoms with Crippen molar-refractivity contribution in [1.29, 1.82) is 0 Å². The fourth-order valence-electron chi connectivity index (χ4n) is 5.06. The number of piperidine rings is 1. The molecule has 2 saturated heterocycles. The number of nitrogens with zero attached hydrogens (tertiary/aromatic N) is 3. The summed E-state index contributed by atoms with van der Waals surface area (Å²) in [6.07, 6.45) is 7.54. The zero-order valence-electron chi connectivity index (χ0n) is 19.0. The molecule has 2 aliphatic heterocycles. The minimum atomic E-state index is -0.865. The van der Waals surface area contributed by atoms with Crippen LogP contribution >= 0.6 is 0 Å². The maximum Gasteiger partial charge on any atom is 0.327 e. The Labute approximate surface area is 192 Å². The first-order chi connectivity index (χ1) is 15.8. The number of hydrogen-bond donors (Lipinski definition) is 2. The van der Waals surface area contributed by atoms with Crippen molar-refractivity contribution in [2.45, 2.75) is 38.6 Å². The van der Waals surface area contributed by atoms with Gasteiger partial charge in [-0.1, -0.05) is 18.6 Å². The van der Waals surface area contributed by atoms with Crippen LogP contribution in [0.15, 0.2) is 41.9 Å². The number of β-lactam (4-membered cyclic amide) rings is 1. The molecule has 2 fully saturated rings. The molecule has 1 aliphatic carbocycles. The number of nitrogens with one attached hydrogen (secondary N) is 1. The number of carbonyl (C=O) groups is 3. The summed E-state index contributed by atoms with van der Waals surface area (Å²) in [7, 11) is 1.50. The van der Waals surface area contributed by atoms with Crippen molar-refractivity contribution in [3.8, 4) is 0 Å². The van der Waals surface area contributed by atoms with Gasteiger partial charge in [-0.3, -0.25) is 14.5 Å². The predicted molar refractivity (Wildman–Crippen MR) is 121 cm³/mol. The number of halogens is 1. The molecule has 0 spiro atoms. The molecule has 4 rings (SSSR count). The topological polar surface area (TPSA) is 109 Å². The summed E-state index contributed by atoms with van der Waals surface area (Å²) >= 11 is 0. The van der Waals surface area contributed by atoms with Crippen LogP contribution in [0, 0.1) is 17.8 Å². The molecule has 2 unspecified atom stereocenters. The van der Waals surface area contributed by atoms with Crippen LogP contribution in [0.1, 0.15) is 31.7 Å². The number of carbonyl (C=O) groups excluding carboxylic acids is 3. The summed E-state index contributed by atoms with van der Waals surface area (Å²) in [6, 6.07) is 2.12. The van der Waals surface area contributed by atoms with Gasteiger partial charge in [-0.15, -0.1) is 0 Å². The highest BCUT2D eigenvalue weighted by atomic mass is 19.1. The van der Waals surface area contributed by atoms with Gasteiger partial charge in [-0.2, -0.15) is 0 Å². The molecule has 33 heavy (non-hydrogen) atoms. The van der Waals surface area contributed by atoms with Gasteiger partial charge in [0, 0.05) is 32.3 Å². The molecule has 9 heteroatoms. The Balaban J connectivity index is 1.48. The third-order valence-corrected chi connectivity index (χ3v) is 6.92. The van der Waals surface area contributed by atoms with E-state index in [1.807, 2.05) is 13.0 Å². The Morgan fingerprint density at radius 2 is 2.12 bits per heavy atom. The lowest BCUT2D eigenvalue weighted by atomic mass is 9.81. The number of nitrogen functional groups attached to an aromatic ring is 1. The van der Waals surface area contributed by atoms with Crippen molar-refractivity contribution < 1.29 is 18.8 Å². The van der Waals surface area contributed by atoms with E-state index in [1.165, 1.54) is 13.1 Å². The van der Waals surface area contributed by atoms with Crippen molar-refractivity contribution in [2.75, 3.05) is 25.9 Å². The maximum absolute atomic E-state index is 13.8. The van der Waals surface area contributed by atoms with Gasteiger partial charge >= 0.3 is 6.03 Å². The van der Waals surface area contributed by atoms with Gasteiger partial charge in [0.25, 0.3) is 0 Å². The number of likely N-dealkylation sites (N-methyl/N-ethyl adjacent to an activating group) is 1. The van der Waals surface area contributed by atoms with E-state index < -0.39 is 18.0 Å². The molecule has 3 aliphatic rings. The van der Waals surface area contributed by atoms with Crippen molar-refractivity contribution in [3.05, 3.63) is 47.4 Å². The number of allylic oxidation sites excluding steroid dienone is 3. The number of anilines is 1. The van der Waals surface area contributed by atoms with Gasteiger partial charge in [0.2, 0.25) is 11.8 Å². The summed E-state index contributed by atoms with van der Waals surface area (Å²) in [5.41, 5.74) is 7.66. The molecule has 176 valence electrons. The molecule has 4 amide bonds. The molecule has 4 atom stereocenters. The Kier molecular flexibility index (Phi) is 6.49. The third kappa shape index (κ3) is 4.49. The highest BCUT2D eigenvalue weighted by Gasteiger charge is 2.55. The van der Waals surface area contributed by atoms with E-state index in [2.05, 4.69) is 10.3 Å². The first-order valence-electron chi connectivity index (χ1n) is 11.4. The molecular weight excluding hydrogens is 425 g/mol. The molecule has 3 N–H and O–H groups in total. The van der Waals surface area contributed by atoms with Crippen LogP contribution < -0.4 is 11.1 Å². The van der Waals surface area contributed by atoms with E-state index >= 15 is 0 Å². The number of nitrogens with two attached hydrogens (primary N) is 1. The number of likely N-dealkylation sites (tertiary alicyclic amines) is 2. The highest BCUT2D eigenvalue weighted by Crippen LogP contribution is 2.36. The predicted octanol–water partition coefficient (Wildman–Crippen LogP) is 2.43. The summed E-state index contributed by atoms with van der Waals surface area (Å²) in [4.78, 5) is 45.7. The van der Waals surface area contributed by atoms with Crippen molar-refractivity contribution >= 4 is 23.7 Å². The molecule has 1 aromatic rings. The second kappa shape index (κ2) is 9.33. The third-order valence-electron chi connectivity index (χ3n) is 6.92. The van der Waals surface area contributed by atoms with Crippen LogP contribution in [0.2, 0.25) is 0 Å². The minimum Gasteiger partial charge on any atom is -0.384 e. The smallest absolute Gasteiger partial charge is 0.327 e. The molecule has 0 bridgehead atoms. The van der Waals surface area contributed by atoms with E-state index in [9.17, 15) is 18.8 Å². The quantitative estimate of drug-likeness (QED) is 0.678. The van der Waals surface area contributed by atoms with E-state index in [0.717, 1.165) is 28.9 Å². The van der Waals surface area contributed by atoms with E-state index in [1.54, 1.807) is 23.2 Å². The Morgan fingerprint density at radius 3 is 2.82 bits per heavy atom. The summed E-state index contributed by atoms with van der Waals surface area (Å²) in [5, 5.41) is 2.58. The molecule has 1 aromatic heterocycles. The van der Waals surface area contributed by atoms with Crippen LogP contribution in [0.5, 0.6) is 0 Å². The number of imide groups is 1. The number of aromatic nitrogens is 1. The molecule has 8 nitrogen and oxygen atoms in total. The Morgan fingerprint density at radius 1 is 1.33 bits per heavy atom. The van der Waals surface area contributed by atoms with Gasteiger partial charge in [0.1, 0.15) is 17.7 Å². The lowest BCUT2D eigenvalue weighted by Gasteiger charge is -2.47. The largest absolute Gasteiger partial charge is 0.384 e. The average molecular weight is 456 g/mol. The first kappa shape index (κ1) is 22.9. The number of pyridine rings is 1. The van der Waals surface area contributed by atoms with Crippen LogP contribution in [-0.4, -0.2) is 58.8 Å². The molecule has 3 heterocycles. The number of urea groups is 1. The highest BCUT2D eigenvalue weighted by molar-refractivity contribution is 6.09. The molecule has 0 aromatic carbocycles. The average Bonchev–Trinajstić information content (AvgIpc) is 2.82. The Hall–Kier alpha value is -3.23. The molecular formula is C24H30FN5O3. The summed E-state index contributed by atoms with van der Waals surface area (Å²) in [5.74, 6) is -1.18. The molecule has 0 radical (unpaired) electrons. The first-order valence-corrected chi connectivity index (χ1v) is 11.4. The zero-order valence-corrected chi connectivity index (χ0v) is 19.0. The van der Waals surface area contributed by atoms with Crippen LogP contribution in [0.25, 0.3) is 0 Å².